The number of hydroxylamine groups is 2. The largest absolute Gasteiger partial charge is 0.375 e. The molecule has 2 aliphatic rings. The normalized spacial score (nSPS) is 25.1. The Balaban J connectivity index is 1.35. The summed E-state index contributed by atoms with van der Waals surface area (Å²) in [5.74, 6) is 0. The molecule has 0 amide bonds. The monoisotopic (exact) mass is 553 g/mol. The van der Waals surface area contributed by atoms with Crippen LogP contribution >= 0.6 is 0 Å². The van der Waals surface area contributed by atoms with E-state index in [1.807, 2.05) is 96.1 Å². The number of benzene rings is 3. The van der Waals surface area contributed by atoms with Gasteiger partial charge in [-0.05, 0) is 23.1 Å². The van der Waals surface area contributed by atoms with Crippen LogP contribution in [0.25, 0.3) is 0 Å². The molecule has 8 nitrogen and oxygen atoms in total. The maximum Gasteiger partial charge on any atom is 0.264 e. The predicted molar refractivity (Wildman–Crippen MR) is 146 cm³/mol. The van der Waals surface area contributed by atoms with Gasteiger partial charge in [0.15, 0.2) is 0 Å². The second-order valence-corrected chi connectivity index (χ2v) is 11.6. The molecule has 0 N–H and O–H groups in total. The molecule has 5 atom stereocenters. The fourth-order valence-electron chi connectivity index (χ4n) is 5.14. The van der Waals surface area contributed by atoms with Gasteiger partial charge in [0.1, 0.15) is 18.3 Å². The van der Waals surface area contributed by atoms with Crippen LogP contribution in [-0.4, -0.2) is 63.3 Å². The Morgan fingerprint density at radius 2 is 1.26 bits per heavy atom. The Kier molecular flexibility index (Phi) is 9.41. The Labute approximate surface area is 230 Å². The maximum atomic E-state index is 11.6. The molecule has 39 heavy (non-hydrogen) atoms. The first-order valence-electron chi connectivity index (χ1n) is 13.2. The zero-order valence-corrected chi connectivity index (χ0v) is 22.8. The molecule has 3 aromatic carbocycles. The van der Waals surface area contributed by atoms with Gasteiger partial charge in [0.2, 0.25) is 0 Å². The Bertz CT molecular complexity index is 1260. The van der Waals surface area contributed by atoms with E-state index >= 15 is 0 Å². The summed E-state index contributed by atoms with van der Waals surface area (Å²) in [5, 5.41) is 1.90. The van der Waals surface area contributed by atoms with Crippen molar-refractivity contribution in [3.05, 3.63) is 108 Å². The van der Waals surface area contributed by atoms with Crippen LogP contribution in [0.1, 0.15) is 23.1 Å². The minimum atomic E-state index is -3.58. The van der Waals surface area contributed by atoms with Gasteiger partial charge in [-0.2, -0.15) is 13.5 Å². The van der Waals surface area contributed by atoms with Gasteiger partial charge in [0.05, 0.1) is 51.4 Å². The van der Waals surface area contributed by atoms with E-state index in [9.17, 15) is 8.42 Å². The highest BCUT2D eigenvalue weighted by Gasteiger charge is 2.56. The maximum absolute atomic E-state index is 11.6. The van der Waals surface area contributed by atoms with Crippen molar-refractivity contribution in [2.24, 2.45) is 0 Å². The minimum Gasteiger partial charge on any atom is -0.375 e. The number of nitrogens with zero attached hydrogens (tertiary/aromatic N) is 1. The van der Waals surface area contributed by atoms with E-state index in [4.69, 9.17) is 23.2 Å². The number of hydrogen-bond donors (Lipinski definition) is 0. The lowest BCUT2D eigenvalue weighted by molar-refractivity contribution is -0.200. The summed E-state index contributed by atoms with van der Waals surface area (Å²) < 4.78 is 47.5. The van der Waals surface area contributed by atoms with Gasteiger partial charge in [-0.25, -0.2) is 0 Å². The second-order valence-electron chi connectivity index (χ2n) is 9.97. The summed E-state index contributed by atoms with van der Waals surface area (Å²) in [6, 6.07) is 29.6. The number of fused-ring (bicyclic) bond motifs is 1. The van der Waals surface area contributed by atoms with Gasteiger partial charge in [-0.15, -0.1) is 0 Å². The number of rotatable bonds is 13. The van der Waals surface area contributed by atoms with Crippen LogP contribution in [-0.2, 0) is 53.2 Å². The van der Waals surface area contributed by atoms with Crippen LogP contribution in [0.2, 0.25) is 0 Å². The van der Waals surface area contributed by atoms with E-state index in [1.54, 1.807) is 0 Å². The first kappa shape index (κ1) is 27.9. The molecule has 0 spiro atoms. The van der Waals surface area contributed by atoms with E-state index < -0.39 is 16.2 Å². The third-order valence-corrected chi connectivity index (χ3v) is 7.51. The topological polar surface area (TPSA) is 83.5 Å². The highest BCUT2D eigenvalue weighted by Crippen LogP contribution is 2.39. The highest BCUT2D eigenvalue weighted by molar-refractivity contribution is 7.85. The molecule has 0 aliphatic carbocycles. The number of hydrogen-bond acceptors (Lipinski definition) is 8. The van der Waals surface area contributed by atoms with Gasteiger partial charge in [0.25, 0.3) is 10.1 Å². The van der Waals surface area contributed by atoms with Crippen molar-refractivity contribution in [1.29, 1.82) is 0 Å². The third kappa shape index (κ3) is 7.73. The summed E-state index contributed by atoms with van der Waals surface area (Å²) in [6.45, 7) is 1.60. The van der Waals surface area contributed by atoms with E-state index in [1.165, 1.54) is 0 Å². The van der Waals surface area contributed by atoms with Crippen molar-refractivity contribution in [3.63, 3.8) is 0 Å². The Morgan fingerprint density at radius 3 is 1.79 bits per heavy atom. The molecule has 2 fully saturated rings. The highest BCUT2D eigenvalue weighted by atomic mass is 32.2. The summed E-state index contributed by atoms with van der Waals surface area (Å²) >= 11 is 0. The second kappa shape index (κ2) is 13.1. The lowest BCUT2D eigenvalue weighted by Gasteiger charge is -2.28. The van der Waals surface area contributed by atoms with Crippen LogP contribution in [0.5, 0.6) is 0 Å². The standard InChI is InChI=1S/C30H35NO7S/c1-39(32,33)37-21-26-17-27-29(35-19-24-13-7-3-8-14-24)30(36-20-25-15-9-4-10-16-25)28(31(27)38-26)22-34-18-23-11-5-2-6-12-23/h2-16,26-30H,17-22H2,1H3. The van der Waals surface area contributed by atoms with E-state index in [2.05, 4.69) is 0 Å². The molecule has 2 aliphatic heterocycles. The molecule has 3 aromatic rings. The summed E-state index contributed by atoms with van der Waals surface area (Å²) in [7, 11) is -3.58. The molecular weight excluding hydrogens is 518 g/mol. The van der Waals surface area contributed by atoms with Crippen LogP contribution in [0.3, 0.4) is 0 Å². The quantitative estimate of drug-likeness (QED) is 0.293. The minimum absolute atomic E-state index is 0.0512. The molecule has 5 rings (SSSR count). The average Bonchev–Trinajstić information content (AvgIpc) is 3.48. The van der Waals surface area contributed by atoms with Crippen molar-refractivity contribution in [2.45, 2.75) is 56.6 Å². The molecule has 0 bridgehead atoms. The van der Waals surface area contributed by atoms with Crippen LogP contribution in [0.4, 0.5) is 0 Å². The fourth-order valence-corrected chi connectivity index (χ4v) is 5.53. The summed E-state index contributed by atoms with van der Waals surface area (Å²) in [6.07, 6.45) is 0.533. The van der Waals surface area contributed by atoms with Crippen LogP contribution in [0, 0.1) is 0 Å². The lowest BCUT2D eigenvalue weighted by Crippen LogP contribution is -2.42. The summed E-state index contributed by atoms with van der Waals surface area (Å²) in [5.41, 5.74) is 3.20. The first-order valence-corrected chi connectivity index (χ1v) is 15.0. The third-order valence-electron chi connectivity index (χ3n) is 6.95. The van der Waals surface area contributed by atoms with Crippen molar-refractivity contribution in [2.75, 3.05) is 19.5 Å². The van der Waals surface area contributed by atoms with E-state index in [0.29, 0.717) is 32.8 Å². The molecule has 2 heterocycles. The van der Waals surface area contributed by atoms with Gasteiger partial charge in [0, 0.05) is 0 Å². The summed E-state index contributed by atoms with van der Waals surface area (Å²) in [4.78, 5) is 6.26. The molecule has 2 saturated heterocycles. The molecule has 0 saturated carbocycles. The van der Waals surface area contributed by atoms with Gasteiger partial charge < -0.3 is 14.2 Å². The number of ether oxygens (including phenoxy) is 3. The van der Waals surface area contributed by atoms with E-state index in [-0.39, 0.29) is 30.9 Å². The zero-order chi connectivity index (χ0) is 27.1. The SMILES string of the molecule is CS(=O)(=O)OCC1CC2C(OCc3ccccc3)C(OCc3ccccc3)C(COCc3ccccc3)N2O1. The van der Waals surface area contributed by atoms with Crippen molar-refractivity contribution >= 4 is 10.1 Å². The van der Waals surface area contributed by atoms with Gasteiger partial charge in [-0.1, -0.05) is 91.0 Å². The first-order chi connectivity index (χ1) is 19.0. The molecule has 5 unspecified atom stereocenters. The zero-order valence-electron chi connectivity index (χ0n) is 22.0. The van der Waals surface area contributed by atoms with Gasteiger partial charge in [-0.3, -0.25) is 9.02 Å². The smallest absolute Gasteiger partial charge is 0.264 e. The van der Waals surface area contributed by atoms with Crippen molar-refractivity contribution in [3.8, 4) is 0 Å². The molecule has 0 aromatic heterocycles. The Hall–Kier alpha value is -2.63. The van der Waals surface area contributed by atoms with Gasteiger partial charge >= 0.3 is 0 Å². The van der Waals surface area contributed by atoms with Crippen LogP contribution < -0.4 is 0 Å². The molecule has 9 heteroatoms. The fraction of sp³-hybridized carbons (Fsp3) is 0.400. The average molecular weight is 554 g/mol. The molecular formula is C30H35NO7S. The predicted octanol–water partition coefficient (Wildman–Crippen LogP) is 4.11. The van der Waals surface area contributed by atoms with E-state index in [0.717, 1.165) is 22.9 Å². The molecule has 208 valence electrons. The Morgan fingerprint density at radius 1 is 0.744 bits per heavy atom. The molecule has 0 radical (unpaired) electrons. The van der Waals surface area contributed by atoms with Crippen LogP contribution in [0.15, 0.2) is 91.0 Å². The lowest BCUT2D eigenvalue weighted by atomic mass is 10.0. The van der Waals surface area contributed by atoms with Crippen molar-refractivity contribution in [1.82, 2.24) is 5.06 Å². The van der Waals surface area contributed by atoms with Crippen molar-refractivity contribution < 1.29 is 31.6 Å².